The number of fused-ring (bicyclic) bond motifs is 2. The number of aliphatic imine (C=N–C) groups is 1. The minimum absolute atomic E-state index is 0.191. The predicted octanol–water partition coefficient (Wildman–Crippen LogP) is 1.78. The van der Waals surface area contributed by atoms with Crippen molar-refractivity contribution >= 4 is 29.5 Å². The van der Waals surface area contributed by atoms with Gasteiger partial charge >= 0.3 is 0 Å². The van der Waals surface area contributed by atoms with Crippen molar-refractivity contribution < 1.29 is 4.79 Å². The molecule has 0 unspecified atom stereocenters. The van der Waals surface area contributed by atoms with Crippen molar-refractivity contribution in [1.29, 1.82) is 0 Å². The number of ketones is 1. The van der Waals surface area contributed by atoms with Gasteiger partial charge in [-0.1, -0.05) is 12.1 Å². The Labute approximate surface area is 124 Å². The molecule has 0 saturated heterocycles. The highest BCUT2D eigenvalue weighted by Gasteiger charge is 2.23. The first-order valence-corrected chi connectivity index (χ1v) is 7.08. The molecule has 2 heterocycles. The van der Waals surface area contributed by atoms with E-state index < -0.39 is 0 Å². The zero-order valence-corrected chi connectivity index (χ0v) is 11.8. The van der Waals surface area contributed by atoms with Crippen LogP contribution in [0.2, 0.25) is 0 Å². The van der Waals surface area contributed by atoms with E-state index in [9.17, 15) is 9.59 Å². The van der Waals surface area contributed by atoms with Crippen molar-refractivity contribution in [2.45, 2.75) is 19.3 Å². The van der Waals surface area contributed by atoms with E-state index in [2.05, 4.69) is 15.0 Å². The topological polar surface area (TPSA) is 78.1 Å². The largest absolute Gasteiger partial charge is 0.317 e. The summed E-state index contributed by atoms with van der Waals surface area (Å²) in [6.45, 7) is 0. The maximum atomic E-state index is 11.9. The van der Waals surface area contributed by atoms with Gasteiger partial charge in [0.05, 0.1) is 11.3 Å². The molecule has 1 aliphatic heterocycles. The smallest absolute Gasteiger partial charge is 0.257 e. The number of benzene rings is 1. The summed E-state index contributed by atoms with van der Waals surface area (Å²) in [6, 6.07) is 5.95. The van der Waals surface area contributed by atoms with Crippen LogP contribution in [0.4, 0.5) is 5.82 Å². The summed E-state index contributed by atoms with van der Waals surface area (Å²) in [4.78, 5) is 33.3. The van der Waals surface area contributed by atoms with Crippen LogP contribution < -0.4 is 5.56 Å². The number of aromatic nitrogens is 2. The van der Waals surface area contributed by atoms with Crippen LogP contribution in [0.5, 0.6) is 0 Å². The van der Waals surface area contributed by atoms with Crippen LogP contribution in [0.1, 0.15) is 22.3 Å². The quantitative estimate of drug-likeness (QED) is 0.788. The lowest BCUT2D eigenvalue weighted by Gasteiger charge is -2.03. The van der Waals surface area contributed by atoms with E-state index in [1.54, 1.807) is 0 Å². The number of aromatic amines is 2. The Kier molecular flexibility index (Phi) is 2.56. The summed E-state index contributed by atoms with van der Waals surface area (Å²) in [7, 11) is 0. The van der Waals surface area contributed by atoms with E-state index >= 15 is 0 Å². The van der Waals surface area contributed by atoms with Crippen LogP contribution in [0.25, 0.3) is 0 Å². The Bertz CT molecular complexity index is 937. The molecular formula is C15H11N3O2S. The molecule has 6 heteroatoms. The van der Waals surface area contributed by atoms with Gasteiger partial charge in [0.1, 0.15) is 11.6 Å². The second-order valence-electron chi connectivity index (χ2n) is 5.35. The Morgan fingerprint density at radius 3 is 2.71 bits per heavy atom. The van der Waals surface area contributed by atoms with Crippen LogP contribution in [-0.4, -0.2) is 21.5 Å². The predicted molar refractivity (Wildman–Crippen MR) is 81.0 cm³/mol. The van der Waals surface area contributed by atoms with Crippen LogP contribution in [0, 0.1) is 4.77 Å². The molecule has 0 saturated carbocycles. The summed E-state index contributed by atoms with van der Waals surface area (Å²) >= 11 is 4.96. The Morgan fingerprint density at radius 2 is 1.86 bits per heavy atom. The van der Waals surface area contributed by atoms with Crippen molar-refractivity contribution in [1.82, 2.24) is 9.97 Å². The molecular weight excluding hydrogens is 286 g/mol. The number of nitrogens with zero attached hydrogens (tertiary/aromatic N) is 1. The van der Waals surface area contributed by atoms with E-state index in [0.717, 1.165) is 22.4 Å². The van der Waals surface area contributed by atoms with Gasteiger partial charge in [-0.3, -0.25) is 14.6 Å². The fraction of sp³-hybridized carbons (Fsp3) is 0.200. The summed E-state index contributed by atoms with van der Waals surface area (Å²) in [5.74, 6) is 0.787. The zero-order chi connectivity index (χ0) is 14.6. The van der Waals surface area contributed by atoms with Gasteiger partial charge in [0, 0.05) is 19.3 Å². The lowest BCUT2D eigenvalue weighted by atomic mass is 10.0. The Balaban J connectivity index is 1.77. The number of rotatable bonds is 1. The highest BCUT2D eigenvalue weighted by molar-refractivity contribution is 7.71. The maximum Gasteiger partial charge on any atom is 0.257 e. The lowest BCUT2D eigenvalue weighted by Crippen LogP contribution is -2.14. The number of Topliss-reactive ketones (excluding diaryl/α,β-unsaturated/α-hetero) is 1. The molecule has 0 fully saturated rings. The summed E-state index contributed by atoms with van der Waals surface area (Å²) in [6.07, 6.45) is 1.49. The number of hydrogen-bond donors (Lipinski definition) is 2. The highest BCUT2D eigenvalue weighted by Crippen LogP contribution is 2.26. The molecule has 21 heavy (non-hydrogen) atoms. The number of carbonyl (C=O) groups excluding carboxylic acids is 1. The number of hydrogen-bond acceptors (Lipinski definition) is 4. The summed E-state index contributed by atoms with van der Waals surface area (Å²) < 4.78 is 0.281. The third-order valence-electron chi connectivity index (χ3n) is 3.92. The molecule has 1 aromatic heterocycles. The van der Waals surface area contributed by atoms with Crippen LogP contribution in [-0.2, 0) is 24.1 Å². The van der Waals surface area contributed by atoms with E-state index in [1.165, 1.54) is 0 Å². The molecule has 1 aromatic carbocycles. The first-order valence-electron chi connectivity index (χ1n) is 6.67. The minimum atomic E-state index is -0.191. The number of carbonyl (C=O) groups is 1. The standard InChI is InChI=1S/C15H11N3O2S/c19-10-4-7-1-2-8(3-9(7)5-10)12-6-11-13(16-12)17-15(21)18-14(11)20/h1-3H,4-6H2,(H2,17,18,20,21). The van der Waals surface area contributed by atoms with Crippen LogP contribution >= 0.6 is 12.2 Å². The fourth-order valence-electron chi connectivity index (χ4n) is 2.90. The van der Waals surface area contributed by atoms with E-state index in [1.807, 2.05) is 18.2 Å². The molecule has 0 spiro atoms. The third-order valence-corrected chi connectivity index (χ3v) is 4.13. The first-order chi connectivity index (χ1) is 10.1. The molecule has 0 radical (unpaired) electrons. The SMILES string of the molecule is O=C1Cc2ccc(C3=Nc4[nH]c(=S)[nH]c(=O)c4C3)cc2C1. The van der Waals surface area contributed by atoms with Gasteiger partial charge in [-0.15, -0.1) is 0 Å². The van der Waals surface area contributed by atoms with Crippen molar-refractivity contribution in [3.63, 3.8) is 0 Å². The van der Waals surface area contributed by atoms with Crippen molar-refractivity contribution in [3.05, 3.63) is 55.6 Å². The second kappa shape index (κ2) is 4.33. The van der Waals surface area contributed by atoms with Crippen LogP contribution in [0.3, 0.4) is 0 Å². The molecule has 5 nitrogen and oxygen atoms in total. The molecule has 4 rings (SSSR count). The third kappa shape index (κ3) is 1.99. The molecule has 2 N–H and O–H groups in total. The van der Waals surface area contributed by atoms with Crippen molar-refractivity contribution in [2.75, 3.05) is 0 Å². The normalized spacial score (nSPS) is 15.8. The lowest BCUT2D eigenvalue weighted by molar-refractivity contribution is -0.117. The average Bonchev–Trinajstić information content (AvgIpc) is 2.99. The summed E-state index contributed by atoms with van der Waals surface area (Å²) in [5.41, 5.74) is 4.36. The van der Waals surface area contributed by atoms with Gasteiger partial charge in [-0.25, -0.2) is 4.99 Å². The van der Waals surface area contributed by atoms with Gasteiger partial charge < -0.3 is 4.98 Å². The van der Waals surface area contributed by atoms with Crippen molar-refractivity contribution in [2.24, 2.45) is 4.99 Å². The second-order valence-corrected chi connectivity index (χ2v) is 5.75. The van der Waals surface area contributed by atoms with E-state index in [-0.39, 0.29) is 16.1 Å². The number of H-pyrrole nitrogens is 2. The van der Waals surface area contributed by atoms with Crippen molar-refractivity contribution in [3.8, 4) is 0 Å². The molecule has 2 aromatic rings. The van der Waals surface area contributed by atoms with Gasteiger partial charge in [0.2, 0.25) is 0 Å². The van der Waals surface area contributed by atoms with Gasteiger partial charge in [-0.2, -0.15) is 0 Å². The van der Waals surface area contributed by atoms with Gasteiger partial charge in [0.25, 0.3) is 5.56 Å². The molecule has 2 aliphatic rings. The molecule has 0 amide bonds. The average molecular weight is 297 g/mol. The highest BCUT2D eigenvalue weighted by atomic mass is 32.1. The van der Waals surface area contributed by atoms with Gasteiger partial charge in [0.15, 0.2) is 4.77 Å². The molecule has 104 valence electrons. The van der Waals surface area contributed by atoms with E-state index in [4.69, 9.17) is 12.2 Å². The molecule has 0 bridgehead atoms. The van der Waals surface area contributed by atoms with E-state index in [0.29, 0.717) is 30.6 Å². The molecule has 0 atom stereocenters. The minimum Gasteiger partial charge on any atom is -0.317 e. The summed E-state index contributed by atoms with van der Waals surface area (Å²) in [5, 5.41) is 0. The maximum absolute atomic E-state index is 11.9. The molecule has 1 aliphatic carbocycles. The van der Waals surface area contributed by atoms with Gasteiger partial charge in [-0.05, 0) is 35.0 Å². The fourth-order valence-corrected chi connectivity index (χ4v) is 3.09. The number of nitrogens with one attached hydrogen (secondary N) is 2. The van der Waals surface area contributed by atoms with Crippen LogP contribution in [0.15, 0.2) is 28.0 Å². The first kappa shape index (κ1) is 12.4. The zero-order valence-electron chi connectivity index (χ0n) is 11.0. The Morgan fingerprint density at radius 1 is 1.05 bits per heavy atom. The monoisotopic (exact) mass is 297 g/mol. The Hall–Kier alpha value is -2.34.